The molecule has 1 atom stereocenters. The Balaban J connectivity index is 1.80. The molecule has 0 aromatic rings. The molecule has 2 aliphatic heterocycles. The highest BCUT2D eigenvalue weighted by molar-refractivity contribution is 5.95. The third-order valence-corrected chi connectivity index (χ3v) is 6.90. The second kappa shape index (κ2) is 10.8. The summed E-state index contributed by atoms with van der Waals surface area (Å²) in [6.45, 7) is 2.96. The van der Waals surface area contributed by atoms with Gasteiger partial charge in [-0.15, -0.1) is 0 Å². The number of amides is 2. The number of carbonyl (C=O) groups excluding carboxylic acids is 1. The van der Waals surface area contributed by atoms with E-state index in [2.05, 4.69) is 26.6 Å². The van der Waals surface area contributed by atoms with Crippen molar-refractivity contribution in [2.24, 2.45) is 10.9 Å². The summed E-state index contributed by atoms with van der Waals surface area (Å²) in [6, 6.07) is 1.64. The molecule has 3 N–H and O–H groups in total. The van der Waals surface area contributed by atoms with Crippen LogP contribution in [0.15, 0.2) is 4.99 Å². The maximum absolute atomic E-state index is 13.4. The quantitative estimate of drug-likeness (QED) is 0.452. The maximum Gasteiger partial charge on any atom is 0.411 e. The predicted molar refractivity (Wildman–Crippen MR) is 118 cm³/mol. The van der Waals surface area contributed by atoms with Crippen LogP contribution in [0.1, 0.15) is 64.2 Å². The summed E-state index contributed by atoms with van der Waals surface area (Å²) in [4.78, 5) is 33.5. The van der Waals surface area contributed by atoms with Crippen LogP contribution in [0, 0.1) is 17.2 Å². The highest BCUT2D eigenvalue weighted by atomic mass is 16.4. The van der Waals surface area contributed by atoms with Gasteiger partial charge in [-0.25, -0.2) is 9.79 Å². The lowest BCUT2D eigenvalue weighted by molar-refractivity contribution is -0.124. The minimum Gasteiger partial charge on any atom is -0.465 e. The number of rotatable bonds is 5. The van der Waals surface area contributed by atoms with Crippen molar-refractivity contribution in [2.75, 3.05) is 33.2 Å². The molecule has 2 saturated heterocycles. The number of aliphatic imine (C=N–C) groups is 1. The molecule has 31 heavy (non-hydrogen) atoms. The van der Waals surface area contributed by atoms with E-state index in [4.69, 9.17) is 0 Å². The number of guanidine groups is 1. The van der Waals surface area contributed by atoms with Gasteiger partial charge in [0.2, 0.25) is 11.9 Å². The van der Waals surface area contributed by atoms with Gasteiger partial charge in [-0.05, 0) is 45.1 Å². The van der Waals surface area contributed by atoms with Gasteiger partial charge in [-0.3, -0.25) is 10.1 Å². The molecule has 2 heterocycles. The van der Waals surface area contributed by atoms with E-state index in [1.165, 1.54) is 6.42 Å². The van der Waals surface area contributed by atoms with Crippen LogP contribution in [0.2, 0.25) is 0 Å². The van der Waals surface area contributed by atoms with E-state index in [1.807, 2.05) is 11.9 Å². The van der Waals surface area contributed by atoms with Gasteiger partial charge in [0.05, 0.1) is 6.07 Å². The lowest BCUT2D eigenvalue weighted by Crippen LogP contribution is -2.56. The Kier molecular flexibility index (Phi) is 8.13. The molecular formula is C22H36N6O3. The van der Waals surface area contributed by atoms with E-state index in [9.17, 15) is 20.0 Å². The number of hydrogen-bond donors (Lipinski definition) is 3. The van der Waals surface area contributed by atoms with Crippen molar-refractivity contribution in [1.29, 1.82) is 5.26 Å². The standard InChI is InChI=1S/C22H36N6O3/c1-27-13-9-22(16-23,10-14-27)26-19(29)18(15-17-7-3-2-4-8-17)24-20(25-21(30)31)28-11-5-6-12-28/h17-18H,2-15H2,1H3,(H,24,25)(H,26,29)(H,30,31). The fourth-order valence-corrected chi connectivity index (χ4v) is 4.91. The SMILES string of the molecule is CN1CCC(C#N)(NC(=O)C(CC2CCCCC2)N=C(NC(=O)O)N2CCCC2)CC1. The van der Waals surface area contributed by atoms with Crippen molar-refractivity contribution in [3.05, 3.63) is 0 Å². The van der Waals surface area contributed by atoms with Crippen molar-refractivity contribution in [1.82, 2.24) is 20.4 Å². The van der Waals surface area contributed by atoms with Crippen LogP contribution in [0.3, 0.4) is 0 Å². The summed E-state index contributed by atoms with van der Waals surface area (Å²) in [6.07, 6.45) is 8.20. The molecule has 0 bridgehead atoms. The Bertz CT molecular complexity index is 699. The monoisotopic (exact) mass is 432 g/mol. The molecule has 0 aromatic carbocycles. The number of nitrogens with one attached hydrogen (secondary N) is 2. The Morgan fingerprint density at radius 3 is 2.35 bits per heavy atom. The van der Waals surface area contributed by atoms with Crippen LogP contribution in [0.5, 0.6) is 0 Å². The summed E-state index contributed by atoms with van der Waals surface area (Å²) in [5, 5.41) is 24.6. The van der Waals surface area contributed by atoms with Gasteiger partial charge < -0.3 is 20.2 Å². The first-order valence-corrected chi connectivity index (χ1v) is 11.7. The van der Waals surface area contributed by atoms with Crippen molar-refractivity contribution in [2.45, 2.75) is 75.8 Å². The van der Waals surface area contributed by atoms with Gasteiger partial charge in [0, 0.05) is 26.2 Å². The molecule has 1 saturated carbocycles. The molecule has 0 radical (unpaired) electrons. The topological polar surface area (TPSA) is 121 Å². The van der Waals surface area contributed by atoms with Crippen LogP contribution in [-0.4, -0.2) is 77.7 Å². The Morgan fingerprint density at radius 1 is 1.13 bits per heavy atom. The lowest BCUT2D eigenvalue weighted by Gasteiger charge is -2.37. The van der Waals surface area contributed by atoms with Crippen LogP contribution < -0.4 is 10.6 Å². The molecule has 3 aliphatic rings. The average Bonchev–Trinajstić information content (AvgIpc) is 3.30. The second-order valence-corrected chi connectivity index (χ2v) is 9.32. The van der Waals surface area contributed by atoms with E-state index in [0.29, 0.717) is 25.2 Å². The third-order valence-electron chi connectivity index (χ3n) is 6.90. The Labute approximate surface area is 184 Å². The van der Waals surface area contributed by atoms with E-state index >= 15 is 0 Å². The van der Waals surface area contributed by atoms with Crippen molar-refractivity contribution in [3.8, 4) is 6.07 Å². The summed E-state index contributed by atoms with van der Waals surface area (Å²) < 4.78 is 0. The maximum atomic E-state index is 13.4. The largest absolute Gasteiger partial charge is 0.465 e. The first-order valence-electron chi connectivity index (χ1n) is 11.7. The molecule has 1 unspecified atom stereocenters. The molecule has 9 nitrogen and oxygen atoms in total. The summed E-state index contributed by atoms with van der Waals surface area (Å²) in [5.74, 6) is 0.393. The van der Waals surface area contributed by atoms with E-state index < -0.39 is 17.7 Å². The normalized spacial score (nSPS) is 23.7. The minimum atomic E-state index is -1.17. The second-order valence-electron chi connectivity index (χ2n) is 9.32. The van der Waals surface area contributed by atoms with Crippen LogP contribution >= 0.6 is 0 Å². The minimum absolute atomic E-state index is 0.260. The highest BCUT2D eigenvalue weighted by Gasteiger charge is 2.38. The van der Waals surface area contributed by atoms with Gasteiger partial charge in [0.1, 0.15) is 11.6 Å². The number of nitrogens with zero attached hydrogens (tertiary/aromatic N) is 4. The number of piperidine rings is 1. The van der Waals surface area contributed by atoms with E-state index in [-0.39, 0.29) is 11.9 Å². The zero-order valence-electron chi connectivity index (χ0n) is 18.6. The zero-order chi connectivity index (χ0) is 22.3. The zero-order valence-corrected chi connectivity index (χ0v) is 18.6. The molecule has 9 heteroatoms. The van der Waals surface area contributed by atoms with Gasteiger partial charge >= 0.3 is 6.09 Å². The van der Waals surface area contributed by atoms with E-state index in [0.717, 1.165) is 64.7 Å². The molecule has 2 amide bonds. The fourth-order valence-electron chi connectivity index (χ4n) is 4.91. The third kappa shape index (κ3) is 6.57. The van der Waals surface area contributed by atoms with Crippen LogP contribution in [-0.2, 0) is 4.79 Å². The molecule has 0 aromatic heterocycles. The van der Waals surface area contributed by atoms with Crippen LogP contribution in [0.25, 0.3) is 0 Å². The number of likely N-dealkylation sites (tertiary alicyclic amines) is 2. The average molecular weight is 433 g/mol. The van der Waals surface area contributed by atoms with Crippen molar-refractivity contribution < 1.29 is 14.7 Å². The van der Waals surface area contributed by atoms with Gasteiger partial charge in [0.15, 0.2) is 0 Å². The molecule has 3 fully saturated rings. The summed E-state index contributed by atoms with van der Waals surface area (Å²) in [7, 11) is 2.01. The Morgan fingerprint density at radius 2 is 1.77 bits per heavy atom. The highest BCUT2D eigenvalue weighted by Crippen LogP contribution is 2.29. The molecular weight excluding hydrogens is 396 g/mol. The first-order chi connectivity index (χ1) is 14.9. The summed E-state index contributed by atoms with van der Waals surface area (Å²) >= 11 is 0. The summed E-state index contributed by atoms with van der Waals surface area (Å²) in [5.41, 5.74) is -0.877. The molecule has 0 spiro atoms. The first kappa shape index (κ1) is 23.3. The van der Waals surface area contributed by atoms with Crippen LogP contribution in [0.4, 0.5) is 4.79 Å². The smallest absolute Gasteiger partial charge is 0.411 e. The van der Waals surface area contributed by atoms with E-state index in [1.54, 1.807) is 0 Å². The van der Waals surface area contributed by atoms with Crippen molar-refractivity contribution >= 4 is 18.0 Å². The number of nitriles is 1. The molecule has 172 valence electrons. The predicted octanol–water partition coefficient (Wildman–Crippen LogP) is 2.15. The molecule has 1 aliphatic carbocycles. The van der Waals surface area contributed by atoms with Crippen molar-refractivity contribution in [3.63, 3.8) is 0 Å². The lowest BCUT2D eigenvalue weighted by atomic mass is 9.84. The molecule has 3 rings (SSSR count). The number of carboxylic acid groups (broad SMARTS) is 1. The van der Waals surface area contributed by atoms with Gasteiger partial charge in [-0.2, -0.15) is 5.26 Å². The fraction of sp³-hybridized carbons (Fsp3) is 0.818. The van der Waals surface area contributed by atoms with Gasteiger partial charge in [0.25, 0.3) is 0 Å². The number of carbonyl (C=O) groups is 2. The van der Waals surface area contributed by atoms with Gasteiger partial charge in [-0.1, -0.05) is 32.1 Å². The Hall–Kier alpha value is -2.34. The number of hydrogen-bond acceptors (Lipinski definition) is 5.